The molecule has 12 heteroatoms. The molecule has 0 radical (unpaired) electrons. The van der Waals surface area contributed by atoms with Crippen molar-refractivity contribution in [2.45, 2.75) is 25.6 Å². The molecule has 28 heavy (non-hydrogen) atoms. The quantitative estimate of drug-likeness (QED) is 0.557. The first-order valence-electron chi connectivity index (χ1n) is 7.44. The molecule has 0 aliphatic rings. The number of carbonyl (C=O) groups is 3. The van der Waals surface area contributed by atoms with Crippen LogP contribution in [0.4, 0.5) is 18.9 Å². The van der Waals surface area contributed by atoms with Crippen molar-refractivity contribution in [1.82, 2.24) is 0 Å². The van der Waals surface area contributed by atoms with Crippen LogP contribution >= 0.6 is 0 Å². The molecule has 0 fully saturated rings. The summed E-state index contributed by atoms with van der Waals surface area (Å²) in [5.74, 6) is -4.53. The Bertz CT molecular complexity index is 953. The van der Waals surface area contributed by atoms with Gasteiger partial charge in [-0.15, -0.1) is 0 Å². The van der Waals surface area contributed by atoms with Gasteiger partial charge in [0.2, 0.25) is 5.91 Å². The van der Waals surface area contributed by atoms with Crippen LogP contribution in [0, 0.1) is 6.92 Å². The predicted molar refractivity (Wildman–Crippen MR) is 89.8 cm³/mol. The molecule has 0 spiro atoms. The molecule has 0 saturated carbocycles. The molecular weight excluding hydrogens is 389 g/mol. The number of fused-ring (bicyclic) bond motifs is 1. The summed E-state index contributed by atoms with van der Waals surface area (Å²) in [5, 5.41) is 19.0. The van der Waals surface area contributed by atoms with Crippen molar-refractivity contribution in [3.8, 4) is 0 Å². The number of aliphatic carboxylic acids is 2. The molecule has 1 aromatic carbocycles. The van der Waals surface area contributed by atoms with Gasteiger partial charge in [0, 0.05) is 23.2 Å². The van der Waals surface area contributed by atoms with Gasteiger partial charge in [-0.2, -0.15) is 13.2 Å². The minimum atomic E-state index is -5.08. The fraction of sp³-hybridized carbons (Fsp3) is 0.250. The molecular formula is C16H15F3N2O7. The van der Waals surface area contributed by atoms with Crippen LogP contribution in [0.1, 0.15) is 12.0 Å². The zero-order valence-corrected chi connectivity index (χ0v) is 14.2. The van der Waals surface area contributed by atoms with Crippen molar-refractivity contribution >= 4 is 34.5 Å². The number of carbonyl (C=O) groups excluding carboxylic acids is 1. The topological polar surface area (TPSA) is 160 Å². The zero-order chi connectivity index (χ0) is 21.6. The van der Waals surface area contributed by atoms with E-state index < -0.39 is 42.1 Å². The summed E-state index contributed by atoms with van der Waals surface area (Å²) in [6, 6.07) is 5.05. The summed E-state index contributed by atoms with van der Waals surface area (Å²) in [4.78, 5) is 42.5. The predicted octanol–water partition coefficient (Wildman–Crippen LogP) is 1.48. The van der Waals surface area contributed by atoms with E-state index in [0.29, 0.717) is 11.3 Å². The Morgan fingerprint density at radius 1 is 1.21 bits per heavy atom. The number of benzene rings is 1. The third kappa shape index (κ3) is 6.72. The Kier molecular flexibility index (Phi) is 7.27. The van der Waals surface area contributed by atoms with E-state index in [2.05, 4.69) is 5.32 Å². The fourth-order valence-corrected chi connectivity index (χ4v) is 1.92. The second kappa shape index (κ2) is 8.99. The minimum Gasteiger partial charge on any atom is -0.481 e. The molecule has 0 aliphatic carbocycles. The van der Waals surface area contributed by atoms with Crippen molar-refractivity contribution in [3.63, 3.8) is 0 Å². The molecule has 0 aliphatic heterocycles. The average molecular weight is 404 g/mol. The number of carboxylic acid groups (broad SMARTS) is 2. The van der Waals surface area contributed by atoms with E-state index in [4.69, 9.17) is 25.2 Å². The number of nitrogens with two attached hydrogens (primary N) is 1. The van der Waals surface area contributed by atoms with Gasteiger partial charge < -0.3 is 25.7 Å². The first-order valence-corrected chi connectivity index (χ1v) is 7.44. The van der Waals surface area contributed by atoms with Crippen LogP contribution in [0.25, 0.3) is 11.0 Å². The Hall–Kier alpha value is -3.41. The third-order valence-corrected chi connectivity index (χ3v) is 3.19. The van der Waals surface area contributed by atoms with Gasteiger partial charge in [0.25, 0.3) is 0 Å². The highest BCUT2D eigenvalue weighted by molar-refractivity contribution is 5.98. The van der Waals surface area contributed by atoms with E-state index in [0.717, 1.165) is 10.9 Å². The molecule has 152 valence electrons. The number of rotatable bonds is 4. The molecule has 1 atom stereocenters. The number of amides is 1. The molecule has 9 nitrogen and oxygen atoms in total. The summed E-state index contributed by atoms with van der Waals surface area (Å²) < 4.78 is 36.8. The molecule has 0 bridgehead atoms. The normalized spacial score (nSPS) is 11.9. The zero-order valence-electron chi connectivity index (χ0n) is 14.2. The summed E-state index contributed by atoms with van der Waals surface area (Å²) >= 11 is 0. The van der Waals surface area contributed by atoms with Crippen molar-refractivity contribution in [1.29, 1.82) is 0 Å². The molecule has 1 amide bonds. The molecule has 2 aromatic rings. The maximum Gasteiger partial charge on any atom is 0.490 e. The molecule has 5 N–H and O–H groups in total. The van der Waals surface area contributed by atoms with Crippen LogP contribution in [-0.4, -0.2) is 40.3 Å². The lowest BCUT2D eigenvalue weighted by Crippen LogP contribution is -2.37. The van der Waals surface area contributed by atoms with Crippen molar-refractivity contribution in [3.05, 3.63) is 40.2 Å². The number of hydrogen-bond donors (Lipinski definition) is 4. The molecule has 2 rings (SSSR count). The average Bonchev–Trinajstić information content (AvgIpc) is 2.53. The van der Waals surface area contributed by atoms with Crippen molar-refractivity contribution < 1.29 is 42.2 Å². The lowest BCUT2D eigenvalue weighted by atomic mass is 10.1. The van der Waals surface area contributed by atoms with Crippen LogP contribution in [0.15, 0.2) is 33.5 Å². The van der Waals surface area contributed by atoms with Gasteiger partial charge in [0.05, 0.1) is 12.5 Å². The summed E-state index contributed by atoms with van der Waals surface area (Å²) in [7, 11) is 0. The van der Waals surface area contributed by atoms with Gasteiger partial charge in [0.1, 0.15) is 5.58 Å². The number of hydrogen-bond acceptors (Lipinski definition) is 6. The Balaban J connectivity index is 0.000000480. The van der Waals surface area contributed by atoms with E-state index in [1.54, 1.807) is 19.1 Å². The van der Waals surface area contributed by atoms with Gasteiger partial charge in [-0.3, -0.25) is 9.59 Å². The smallest absolute Gasteiger partial charge is 0.481 e. The van der Waals surface area contributed by atoms with Crippen molar-refractivity contribution in [2.75, 3.05) is 5.32 Å². The van der Waals surface area contributed by atoms with Crippen LogP contribution in [0.2, 0.25) is 0 Å². The van der Waals surface area contributed by atoms with Crippen LogP contribution in [0.5, 0.6) is 0 Å². The maximum atomic E-state index is 11.7. The highest BCUT2D eigenvalue weighted by Gasteiger charge is 2.38. The van der Waals surface area contributed by atoms with E-state index in [1.807, 2.05) is 0 Å². The standard InChI is InChI=1S/C14H14N2O5.C2HF3O2/c1-7-4-13(19)21-11-5-8(2-3-9(7)11)16-14(20)10(15)6-12(17)18;3-2(4,5)1(6)7/h2-5,10H,6,15H2,1H3,(H,16,20)(H,17,18);(H,6,7)/t10-;/m0./s1. The summed E-state index contributed by atoms with van der Waals surface area (Å²) in [6.07, 6.45) is -5.55. The Morgan fingerprint density at radius 3 is 2.29 bits per heavy atom. The van der Waals surface area contributed by atoms with E-state index in [1.165, 1.54) is 12.1 Å². The lowest BCUT2D eigenvalue weighted by molar-refractivity contribution is -0.192. The first-order chi connectivity index (χ1) is 12.8. The van der Waals surface area contributed by atoms with Crippen LogP contribution < -0.4 is 16.7 Å². The summed E-state index contributed by atoms with van der Waals surface area (Å²) in [5.41, 5.74) is 6.46. The number of carboxylic acids is 2. The fourth-order valence-electron chi connectivity index (χ4n) is 1.92. The Labute approximate surface area is 154 Å². The van der Waals surface area contributed by atoms with Gasteiger partial charge >= 0.3 is 23.7 Å². The molecule has 1 heterocycles. The lowest BCUT2D eigenvalue weighted by Gasteiger charge is -2.10. The number of anilines is 1. The van der Waals surface area contributed by atoms with Gasteiger partial charge in [-0.1, -0.05) is 0 Å². The molecule has 0 saturated heterocycles. The second-order valence-electron chi connectivity index (χ2n) is 5.46. The number of nitrogens with one attached hydrogen (secondary N) is 1. The number of aryl methyl sites for hydroxylation is 1. The van der Waals surface area contributed by atoms with E-state index in [9.17, 15) is 27.6 Å². The van der Waals surface area contributed by atoms with Crippen LogP contribution in [-0.2, 0) is 14.4 Å². The first kappa shape index (κ1) is 22.6. The SMILES string of the molecule is Cc1cc(=O)oc2cc(NC(=O)[C@@H](N)CC(=O)O)ccc12.O=C(O)C(F)(F)F. The largest absolute Gasteiger partial charge is 0.490 e. The third-order valence-electron chi connectivity index (χ3n) is 3.19. The number of alkyl halides is 3. The number of halogens is 3. The summed E-state index contributed by atoms with van der Waals surface area (Å²) in [6.45, 7) is 1.78. The van der Waals surface area contributed by atoms with E-state index >= 15 is 0 Å². The Morgan fingerprint density at radius 2 is 1.79 bits per heavy atom. The highest BCUT2D eigenvalue weighted by atomic mass is 19.4. The maximum absolute atomic E-state index is 11.7. The van der Waals surface area contributed by atoms with Gasteiger partial charge in [0.15, 0.2) is 0 Å². The van der Waals surface area contributed by atoms with Gasteiger partial charge in [-0.05, 0) is 24.6 Å². The van der Waals surface area contributed by atoms with Gasteiger partial charge in [-0.25, -0.2) is 9.59 Å². The molecule has 1 aromatic heterocycles. The second-order valence-corrected chi connectivity index (χ2v) is 5.46. The monoisotopic (exact) mass is 404 g/mol. The molecule has 0 unspecified atom stereocenters. The highest BCUT2D eigenvalue weighted by Crippen LogP contribution is 2.20. The van der Waals surface area contributed by atoms with E-state index in [-0.39, 0.29) is 0 Å². The van der Waals surface area contributed by atoms with Crippen LogP contribution in [0.3, 0.4) is 0 Å². The van der Waals surface area contributed by atoms with Crippen molar-refractivity contribution in [2.24, 2.45) is 5.73 Å². The minimum absolute atomic E-state index is 0.338.